The molecule has 0 spiro atoms. The van der Waals surface area contributed by atoms with Gasteiger partial charge in [-0.3, -0.25) is 9.59 Å². The molecule has 172 valence electrons. The maximum absolute atomic E-state index is 13.2. The molecule has 2 aromatic carbocycles. The van der Waals surface area contributed by atoms with E-state index < -0.39 is 6.04 Å². The Hall–Kier alpha value is -1.69. The van der Waals surface area contributed by atoms with Gasteiger partial charge >= 0.3 is 0 Å². The molecule has 0 aromatic heterocycles. The van der Waals surface area contributed by atoms with E-state index in [9.17, 15) is 9.59 Å². The molecule has 1 N–H and O–H groups in total. The smallest absolute Gasteiger partial charge is 0.242 e. The lowest BCUT2D eigenvalue weighted by Crippen LogP contribution is -2.50. The molecular weight excluding hydrogens is 463 g/mol. The molecule has 1 aliphatic rings. The minimum absolute atomic E-state index is 0.0799. The highest BCUT2D eigenvalue weighted by Gasteiger charge is 2.28. The number of nitrogens with one attached hydrogen (secondary N) is 1. The zero-order chi connectivity index (χ0) is 23.1. The van der Waals surface area contributed by atoms with Crippen molar-refractivity contribution in [3.05, 3.63) is 69.2 Å². The number of hydrogen-bond donors (Lipinski definition) is 1. The third-order valence-corrected chi connectivity index (χ3v) is 7.52. The summed E-state index contributed by atoms with van der Waals surface area (Å²) in [6.45, 7) is 4.12. The highest BCUT2D eigenvalue weighted by atomic mass is 35.5. The number of nitrogens with zero attached hydrogens (tertiary/aromatic N) is 1. The van der Waals surface area contributed by atoms with Crippen LogP contribution in [0.15, 0.2) is 42.5 Å². The Kier molecular flexibility index (Phi) is 9.33. The zero-order valence-corrected chi connectivity index (χ0v) is 20.9. The van der Waals surface area contributed by atoms with Gasteiger partial charge in [0.2, 0.25) is 11.8 Å². The summed E-state index contributed by atoms with van der Waals surface area (Å²) < 4.78 is 0. The van der Waals surface area contributed by atoms with Crippen LogP contribution in [0.1, 0.15) is 49.3 Å². The Morgan fingerprint density at radius 3 is 2.53 bits per heavy atom. The number of carbonyl (C=O) groups is 2. The maximum Gasteiger partial charge on any atom is 0.242 e. The molecule has 0 saturated heterocycles. The minimum Gasteiger partial charge on any atom is -0.352 e. The third-order valence-electron chi connectivity index (χ3n) is 5.97. The fourth-order valence-corrected chi connectivity index (χ4v) is 5.37. The number of hydrogen-bond acceptors (Lipinski definition) is 3. The van der Waals surface area contributed by atoms with Gasteiger partial charge in [-0.25, -0.2) is 0 Å². The molecule has 0 aliphatic heterocycles. The lowest BCUT2D eigenvalue weighted by Gasteiger charge is -2.30. The summed E-state index contributed by atoms with van der Waals surface area (Å²) in [6.07, 6.45) is 4.28. The van der Waals surface area contributed by atoms with E-state index in [-0.39, 0.29) is 24.4 Å². The van der Waals surface area contributed by atoms with Gasteiger partial charge in [-0.2, -0.15) is 0 Å². The first-order valence-corrected chi connectivity index (χ1v) is 12.9. The summed E-state index contributed by atoms with van der Waals surface area (Å²) in [6, 6.07) is 13.0. The number of amides is 2. The monoisotopic (exact) mass is 492 g/mol. The Bertz CT molecular complexity index is 947. The van der Waals surface area contributed by atoms with Crippen molar-refractivity contribution < 1.29 is 9.59 Å². The molecule has 0 unspecified atom stereocenters. The van der Waals surface area contributed by atoms with Crippen LogP contribution in [0.5, 0.6) is 0 Å². The van der Waals surface area contributed by atoms with Gasteiger partial charge in [0.1, 0.15) is 6.04 Å². The SMILES string of the molecule is Cc1ccccc1CSCC(=O)N(Cc1ccc(Cl)cc1Cl)[C@H](C)C(=O)NC1CCCC1. The summed E-state index contributed by atoms with van der Waals surface area (Å²) in [5.41, 5.74) is 3.19. The van der Waals surface area contributed by atoms with Crippen molar-refractivity contribution in [2.24, 2.45) is 0 Å². The van der Waals surface area contributed by atoms with E-state index in [2.05, 4.69) is 24.4 Å². The molecule has 0 heterocycles. The van der Waals surface area contributed by atoms with Crippen molar-refractivity contribution in [1.82, 2.24) is 10.2 Å². The average Bonchev–Trinajstić information content (AvgIpc) is 3.27. The lowest BCUT2D eigenvalue weighted by atomic mass is 10.1. The lowest BCUT2D eigenvalue weighted by molar-refractivity contribution is -0.138. The second-order valence-electron chi connectivity index (χ2n) is 8.34. The fraction of sp³-hybridized carbons (Fsp3) is 0.440. The molecule has 0 bridgehead atoms. The van der Waals surface area contributed by atoms with E-state index in [0.29, 0.717) is 15.8 Å². The van der Waals surface area contributed by atoms with Crippen molar-refractivity contribution in [3.8, 4) is 0 Å². The Morgan fingerprint density at radius 2 is 1.84 bits per heavy atom. The van der Waals surface area contributed by atoms with Crippen LogP contribution in [0, 0.1) is 6.92 Å². The van der Waals surface area contributed by atoms with E-state index in [4.69, 9.17) is 23.2 Å². The predicted molar refractivity (Wildman–Crippen MR) is 134 cm³/mol. The molecule has 4 nitrogen and oxygen atoms in total. The molecule has 32 heavy (non-hydrogen) atoms. The number of halogens is 2. The third kappa shape index (κ3) is 6.90. The highest BCUT2D eigenvalue weighted by Crippen LogP contribution is 2.25. The molecule has 2 aromatic rings. The molecule has 3 rings (SSSR count). The largest absolute Gasteiger partial charge is 0.352 e. The van der Waals surface area contributed by atoms with Crippen LogP contribution >= 0.6 is 35.0 Å². The average molecular weight is 494 g/mol. The van der Waals surface area contributed by atoms with Crippen LogP contribution in [0.25, 0.3) is 0 Å². The zero-order valence-electron chi connectivity index (χ0n) is 18.6. The summed E-state index contributed by atoms with van der Waals surface area (Å²) in [5.74, 6) is 0.847. The van der Waals surface area contributed by atoms with Gasteiger partial charge in [0.15, 0.2) is 0 Å². The Labute approximate surface area is 205 Å². The van der Waals surface area contributed by atoms with Gasteiger partial charge in [0, 0.05) is 28.4 Å². The topological polar surface area (TPSA) is 49.4 Å². The second kappa shape index (κ2) is 12.0. The molecule has 7 heteroatoms. The van der Waals surface area contributed by atoms with E-state index in [1.165, 1.54) is 11.1 Å². The standard InChI is InChI=1S/C25H30Cl2N2O2S/c1-17-7-3-4-8-20(17)15-32-16-24(30)29(14-19-11-12-21(26)13-23(19)27)18(2)25(31)28-22-9-5-6-10-22/h3-4,7-8,11-13,18,22H,5-6,9-10,14-16H2,1-2H3,(H,28,31)/t18-/m1/s1. The van der Waals surface area contributed by atoms with Crippen LogP contribution in [0.2, 0.25) is 10.0 Å². The maximum atomic E-state index is 13.2. The Balaban J connectivity index is 1.70. The Morgan fingerprint density at radius 1 is 1.12 bits per heavy atom. The molecule has 1 atom stereocenters. The van der Waals surface area contributed by atoms with Gasteiger partial charge in [0.25, 0.3) is 0 Å². The molecule has 2 amide bonds. The quantitative estimate of drug-likeness (QED) is 0.466. The van der Waals surface area contributed by atoms with Gasteiger partial charge in [0.05, 0.1) is 5.75 Å². The first kappa shape index (κ1) is 24.9. The van der Waals surface area contributed by atoms with E-state index in [0.717, 1.165) is 37.0 Å². The normalized spacial score (nSPS) is 14.9. The molecular formula is C25H30Cl2N2O2S. The van der Waals surface area contributed by atoms with Gasteiger partial charge in [-0.05, 0) is 55.5 Å². The fourth-order valence-electron chi connectivity index (χ4n) is 3.91. The molecule has 0 radical (unpaired) electrons. The summed E-state index contributed by atoms with van der Waals surface area (Å²) in [7, 11) is 0. The van der Waals surface area contributed by atoms with Gasteiger partial charge < -0.3 is 10.2 Å². The van der Waals surface area contributed by atoms with Crippen molar-refractivity contribution in [3.63, 3.8) is 0 Å². The van der Waals surface area contributed by atoms with E-state index in [1.54, 1.807) is 35.7 Å². The van der Waals surface area contributed by atoms with E-state index >= 15 is 0 Å². The number of rotatable bonds is 9. The van der Waals surface area contributed by atoms with Crippen molar-refractivity contribution in [1.29, 1.82) is 0 Å². The van der Waals surface area contributed by atoms with Crippen LogP contribution in [0.4, 0.5) is 0 Å². The van der Waals surface area contributed by atoms with Crippen molar-refractivity contribution in [2.45, 2.75) is 63.9 Å². The number of aryl methyl sites for hydroxylation is 1. The first-order valence-electron chi connectivity index (χ1n) is 11.0. The highest BCUT2D eigenvalue weighted by molar-refractivity contribution is 7.99. The van der Waals surface area contributed by atoms with Crippen LogP contribution in [-0.4, -0.2) is 34.6 Å². The van der Waals surface area contributed by atoms with Crippen LogP contribution < -0.4 is 5.32 Å². The molecule has 1 aliphatic carbocycles. The van der Waals surface area contributed by atoms with Gasteiger partial charge in [-0.15, -0.1) is 11.8 Å². The van der Waals surface area contributed by atoms with Crippen molar-refractivity contribution >= 4 is 46.8 Å². The minimum atomic E-state index is -0.589. The van der Waals surface area contributed by atoms with Crippen LogP contribution in [0.3, 0.4) is 0 Å². The molecule has 1 fully saturated rings. The summed E-state index contributed by atoms with van der Waals surface area (Å²) >= 11 is 14.0. The summed E-state index contributed by atoms with van der Waals surface area (Å²) in [4.78, 5) is 27.8. The van der Waals surface area contributed by atoms with E-state index in [1.807, 2.05) is 18.2 Å². The number of benzene rings is 2. The molecule has 1 saturated carbocycles. The van der Waals surface area contributed by atoms with Crippen LogP contribution in [-0.2, 0) is 21.9 Å². The van der Waals surface area contributed by atoms with Crippen molar-refractivity contribution in [2.75, 3.05) is 5.75 Å². The second-order valence-corrected chi connectivity index (χ2v) is 10.2. The predicted octanol–water partition coefficient (Wildman–Crippen LogP) is 6.01. The number of thioether (sulfide) groups is 1. The number of carbonyl (C=O) groups excluding carboxylic acids is 2. The first-order chi connectivity index (χ1) is 15.3. The van der Waals surface area contributed by atoms with Gasteiger partial charge in [-0.1, -0.05) is 66.4 Å². The summed E-state index contributed by atoms with van der Waals surface area (Å²) in [5, 5.41) is 4.15.